The molecule has 0 saturated heterocycles. The average molecular weight is 551 g/mol. The molecule has 3 aromatic rings. The van der Waals surface area contributed by atoms with Crippen molar-refractivity contribution in [3.05, 3.63) is 51.8 Å². The van der Waals surface area contributed by atoms with E-state index in [4.69, 9.17) is 18.6 Å². The third kappa shape index (κ3) is 5.31. The molecule has 0 radical (unpaired) electrons. The summed E-state index contributed by atoms with van der Waals surface area (Å²) in [5.74, 6) is -2.76. The van der Waals surface area contributed by atoms with Crippen molar-refractivity contribution in [3.63, 3.8) is 0 Å². The van der Waals surface area contributed by atoms with Crippen LogP contribution >= 0.6 is 0 Å². The molecule has 39 heavy (non-hydrogen) atoms. The highest BCUT2D eigenvalue weighted by atomic mass is 19.2. The van der Waals surface area contributed by atoms with Crippen molar-refractivity contribution in [2.75, 3.05) is 0 Å². The van der Waals surface area contributed by atoms with Gasteiger partial charge in [-0.2, -0.15) is 17.6 Å². The third-order valence-corrected chi connectivity index (χ3v) is 7.58. The lowest BCUT2D eigenvalue weighted by Crippen LogP contribution is -2.24. The summed E-state index contributed by atoms with van der Waals surface area (Å²) in [4.78, 5) is 0. The lowest BCUT2D eigenvalue weighted by molar-refractivity contribution is 0.152. The number of hydrogen-bond acceptors (Lipinski definition) is 4. The van der Waals surface area contributed by atoms with Crippen molar-refractivity contribution in [1.29, 1.82) is 0 Å². The highest BCUT2D eigenvalue weighted by Crippen LogP contribution is 2.45. The molecule has 4 heterocycles. The van der Waals surface area contributed by atoms with Crippen molar-refractivity contribution < 1.29 is 36.2 Å². The Morgan fingerprint density at radius 3 is 1.85 bits per heavy atom. The summed E-state index contributed by atoms with van der Waals surface area (Å²) in [5, 5.41) is 0.640. The summed E-state index contributed by atoms with van der Waals surface area (Å²) in [7, 11) is 0. The summed E-state index contributed by atoms with van der Waals surface area (Å²) < 4.78 is 78.1. The Hall–Kier alpha value is -2.90. The molecule has 0 spiro atoms. The van der Waals surface area contributed by atoms with Crippen molar-refractivity contribution >= 4 is 11.0 Å². The number of aryl methyl sites for hydroxylation is 2. The van der Waals surface area contributed by atoms with Gasteiger partial charge in [0.15, 0.2) is 22.8 Å². The van der Waals surface area contributed by atoms with E-state index in [9.17, 15) is 17.6 Å². The third-order valence-electron chi connectivity index (χ3n) is 7.58. The maximum absolute atomic E-state index is 14.1. The van der Waals surface area contributed by atoms with Gasteiger partial charge < -0.3 is 18.6 Å². The van der Waals surface area contributed by atoms with Gasteiger partial charge in [-0.05, 0) is 58.4 Å². The Kier molecular flexibility index (Phi) is 8.72. The van der Waals surface area contributed by atoms with Gasteiger partial charge in [0, 0.05) is 28.5 Å². The molecule has 0 N–H and O–H groups in total. The number of rotatable bonds is 4. The molecule has 3 atom stereocenters. The van der Waals surface area contributed by atoms with Crippen molar-refractivity contribution in [1.82, 2.24) is 0 Å². The van der Waals surface area contributed by atoms with Crippen LogP contribution in [0.25, 0.3) is 11.0 Å². The first-order valence-electron chi connectivity index (χ1n) is 13.7. The molecule has 0 amide bonds. The molecule has 0 saturated carbocycles. The topological polar surface area (TPSA) is 40.8 Å². The van der Waals surface area contributed by atoms with E-state index in [0.29, 0.717) is 24.0 Å². The van der Waals surface area contributed by atoms with Crippen LogP contribution in [0.5, 0.6) is 17.2 Å². The highest BCUT2D eigenvalue weighted by molar-refractivity contribution is 5.85. The average Bonchev–Trinajstić information content (AvgIpc) is 3.49. The van der Waals surface area contributed by atoms with Crippen LogP contribution in [0.3, 0.4) is 0 Å². The molecule has 6 rings (SSSR count). The van der Waals surface area contributed by atoms with Gasteiger partial charge in [-0.15, -0.1) is 0 Å². The second-order valence-electron chi connectivity index (χ2n) is 10.5. The molecule has 8 heteroatoms. The maximum Gasteiger partial charge on any atom is 0.205 e. The predicted molar refractivity (Wildman–Crippen MR) is 143 cm³/mol. The molecule has 3 aliphatic rings. The predicted octanol–water partition coefficient (Wildman–Crippen LogP) is 8.93. The summed E-state index contributed by atoms with van der Waals surface area (Å²) in [6, 6.07) is 1.75. The van der Waals surface area contributed by atoms with Gasteiger partial charge in [-0.3, -0.25) is 0 Å². The van der Waals surface area contributed by atoms with Crippen molar-refractivity contribution in [2.45, 2.75) is 111 Å². The number of fused-ring (bicyclic) bond motifs is 6. The van der Waals surface area contributed by atoms with E-state index in [0.717, 1.165) is 61.6 Å². The summed E-state index contributed by atoms with van der Waals surface area (Å²) in [6.45, 7) is 7.72. The second-order valence-corrected chi connectivity index (χ2v) is 10.5. The van der Waals surface area contributed by atoms with Crippen LogP contribution in [0.1, 0.15) is 89.2 Å². The maximum atomic E-state index is 14.1. The molecule has 4 nitrogen and oxygen atoms in total. The number of halogens is 4. The van der Waals surface area contributed by atoms with Gasteiger partial charge in [0.05, 0.1) is 12.2 Å². The van der Waals surface area contributed by atoms with Crippen molar-refractivity contribution in [2.24, 2.45) is 0 Å². The number of furan rings is 1. The van der Waals surface area contributed by atoms with Crippen LogP contribution in [-0.2, 0) is 19.3 Å². The van der Waals surface area contributed by atoms with Gasteiger partial charge in [0.1, 0.15) is 11.9 Å². The molecular weight excluding hydrogens is 512 g/mol. The number of hydrogen-bond donors (Lipinski definition) is 0. The van der Waals surface area contributed by atoms with Gasteiger partial charge in [0.2, 0.25) is 23.3 Å². The van der Waals surface area contributed by atoms with Gasteiger partial charge >= 0.3 is 0 Å². The fourth-order valence-corrected chi connectivity index (χ4v) is 5.83. The lowest BCUT2D eigenvalue weighted by atomic mass is 9.93. The summed E-state index contributed by atoms with van der Waals surface area (Å²) in [5.41, 5.74) is 2.35. The summed E-state index contributed by atoms with van der Waals surface area (Å²) in [6.07, 6.45) is 7.38. The zero-order valence-corrected chi connectivity index (χ0v) is 22.3. The van der Waals surface area contributed by atoms with E-state index < -0.39 is 23.3 Å². The first kappa shape index (κ1) is 29.1. The quantitative estimate of drug-likeness (QED) is 0.304. The number of benzene rings is 2. The molecule has 3 unspecified atom stereocenters. The van der Waals surface area contributed by atoms with Crippen LogP contribution in [-0.4, -0.2) is 18.3 Å². The largest absolute Gasteiger partial charge is 0.487 e. The van der Waals surface area contributed by atoms with E-state index in [-0.39, 0.29) is 48.6 Å². The monoisotopic (exact) mass is 550 g/mol. The van der Waals surface area contributed by atoms with Crippen LogP contribution in [0.15, 0.2) is 10.5 Å². The zero-order chi connectivity index (χ0) is 27.1. The first-order chi connectivity index (χ1) is 18.2. The highest BCUT2D eigenvalue weighted by Gasteiger charge is 2.35. The fourth-order valence-electron chi connectivity index (χ4n) is 5.83. The summed E-state index contributed by atoms with van der Waals surface area (Å²) >= 11 is 0. The van der Waals surface area contributed by atoms with Gasteiger partial charge in [-0.1, -0.05) is 34.1 Å². The van der Waals surface area contributed by atoms with E-state index in [1.54, 1.807) is 13.0 Å². The second kappa shape index (κ2) is 11.7. The van der Waals surface area contributed by atoms with Crippen LogP contribution < -0.4 is 14.2 Å². The Morgan fingerprint density at radius 1 is 0.744 bits per heavy atom. The molecule has 214 valence electrons. The Morgan fingerprint density at radius 2 is 1.26 bits per heavy atom. The first-order valence-corrected chi connectivity index (χ1v) is 13.7. The SMILES string of the molecule is C.CCCC1CCc2c(c(F)c(F)c3oc(C)cc23)O1.CCCC1CCc2c3c(c(F)c(F)c2O1)OC(C)C3. The minimum absolute atomic E-state index is 0. The zero-order valence-electron chi connectivity index (χ0n) is 22.3. The van der Waals surface area contributed by atoms with E-state index in [1.165, 1.54) is 0 Å². The number of ether oxygens (including phenoxy) is 3. The smallest absolute Gasteiger partial charge is 0.205 e. The Balaban J connectivity index is 0.000000176. The molecule has 2 aromatic carbocycles. The van der Waals surface area contributed by atoms with E-state index in [1.807, 2.05) is 6.92 Å². The molecule has 3 aliphatic heterocycles. The normalized spacial score (nSPS) is 20.9. The van der Waals surface area contributed by atoms with Crippen molar-refractivity contribution in [3.8, 4) is 17.2 Å². The fraction of sp³-hybridized carbons (Fsp3) is 0.548. The molecule has 0 aliphatic carbocycles. The molecule has 0 bridgehead atoms. The van der Waals surface area contributed by atoms with Crippen LogP contribution in [0.2, 0.25) is 0 Å². The molecule has 1 aromatic heterocycles. The standard InChI is InChI=1S/C15H18F2O2.C15H16F2O2.CH4/c2*1-3-4-9-5-6-10-11-7-8(2)18-15(11)13(17)12(16)14(10)19-9;/h8-9H,3-7H2,1-2H3;7,9H,3-6H2,1-2H3;1H4. The van der Waals surface area contributed by atoms with Crippen LogP contribution in [0, 0.1) is 30.2 Å². The minimum Gasteiger partial charge on any atom is -0.487 e. The lowest BCUT2D eigenvalue weighted by Gasteiger charge is -2.27. The van der Waals surface area contributed by atoms with Crippen LogP contribution in [0.4, 0.5) is 17.6 Å². The van der Waals surface area contributed by atoms with Gasteiger partial charge in [-0.25, -0.2) is 0 Å². The molecule has 0 fully saturated rings. The van der Waals surface area contributed by atoms with Gasteiger partial charge in [0.25, 0.3) is 0 Å². The Bertz CT molecular complexity index is 1350. The van der Waals surface area contributed by atoms with E-state index in [2.05, 4.69) is 13.8 Å². The van der Waals surface area contributed by atoms with E-state index >= 15 is 0 Å². The minimum atomic E-state index is -0.945. The molecular formula is C31H38F4O4. The Labute approximate surface area is 227 Å².